The lowest BCUT2D eigenvalue weighted by Gasteiger charge is -2.47. The monoisotopic (exact) mass is 512 g/mol. The van der Waals surface area contributed by atoms with Crippen LogP contribution in [0.4, 0.5) is 0 Å². The van der Waals surface area contributed by atoms with E-state index in [1.54, 1.807) is 0 Å². The van der Waals surface area contributed by atoms with Crippen LogP contribution in [-0.2, 0) is 11.3 Å². The maximum atomic E-state index is 12.4. The summed E-state index contributed by atoms with van der Waals surface area (Å²) in [6.07, 6.45) is 2.49. The van der Waals surface area contributed by atoms with E-state index in [1.165, 1.54) is 31.1 Å². The van der Waals surface area contributed by atoms with Gasteiger partial charge in [0, 0.05) is 37.6 Å². The van der Waals surface area contributed by atoms with Crippen LogP contribution in [0.25, 0.3) is 0 Å². The molecule has 2 saturated heterocycles. The van der Waals surface area contributed by atoms with Crippen LogP contribution < -0.4 is 0 Å². The lowest BCUT2D eigenvalue weighted by Crippen LogP contribution is -2.57. The van der Waals surface area contributed by atoms with Gasteiger partial charge in [-0.05, 0) is 42.1 Å². The summed E-state index contributed by atoms with van der Waals surface area (Å²) in [6, 6.07) is 30.7. The van der Waals surface area contributed by atoms with Crippen LogP contribution in [0, 0.1) is 0 Å². The highest BCUT2D eigenvalue weighted by Gasteiger charge is 2.41. The first-order valence-corrected chi connectivity index (χ1v) is 12.0. The summed E-state index contributed by atoms with van der Waals surface area (Å²) >= 11 is 0. The second-order valence-corrected chi connectivity index (χ2v) is 9.24. The van der Waals surface area contributed by atoms with E-state index in [4.69, 9.17) is 4.74 Å². The fraction of sp³-hybridized carbons (Fsp3) is 0.345. The molecule has 2 aliphatic rings. The van der Waals surface area contributed by atoms with Gasteiger partial charge in [-0.2, -0.15) is 0 Å². The van der Waals surface area contributed by atoms with Gasteiger partial charge in [-0.25, -0.2) is 4.79 Å². The van der Waals surface area contributed by atoms with Crippen molar-refractivity contribution in [2.75, 3.05) is 26.7 Å². The van der Waals surface area contributed by atoms with Crippen molar-refractivity contribution in [3.8, 4) is 0 Å². The molecule has 0 radical (unpaired) electrons. The Bertz CT molecular complexity index is 1040. The lowest BCUT2D eigenvalue weighted by atomic mass is 9.82. The molecule has 0 unspecified atom stereocenters. The van der Waals surface area contributed by atoms with Crippen molar-refractivity contribution < 1.29 is 9.53 Å². The molecule has 5 rings (SSSR count). The summed E-state index contributed by atoms with van der Waals surface area (Å²) in [7, 11) is 1.46. The lowest BCUT2D eigenvalue weighted by molar-refractivity contribution is 0.0379. The largest absolute Gasteiger partial charge is 0.465 e. The molecule has 0 aliphatic carbocycles. The van der Waals surface area contributed by atoms with E-state index in [0.717, 1.165) is 31.7 Å². The number of hydrogen-bond donors (Lipinski definition) is 0. The van der Waals surface area contributed by atoms with Gasteiger partial charge in [0.25, 0.3) is 0 Å². The number of rotatable bonds is 6. The summed E-state index contributed by atoms with van der Waals surface area (Å²) in [6.45, 7) is 3.95. The summed E-state index contributed by atoms with van der Waals surface area (Å²) in [5.41, 5.74) is 4.46. The van der Waals surface area contributed by atoms with Crippen molar-refractivity contribution in [2.45, 2.75) is 37.4 Å². The summed E-state index contributed by atoms with van der Waals surface area (Å²) in [5, 5.41) is 0. The second-order valence-electron chi connectivity index (χ2n) is 9.24. The number of benzene rings is 3. The number of methoxy groups -OCH3 is 1. The molecule has 0 N–H and O–H groups in total. The van der Waals surface area contributed by atoms with Crippen LogP contribution in [-0.4, -0.2) is 54.6 Å². The Balaban J connectivity index is 0.00000171. The number of esters is 1. The second kappa shape index (κ2) is 12.5. The van der Waals surface area contributed by atoms with Gasteiger partial charge in [-0.3, -0.25) is 9.80 Å². The number of ether oxygens (including phenoxy) is 1. The molecule has 0 saturated carbocycles. The van der Waals surface area contributed by atoms with Crippen LogP contribution in [0.1, 0.15) is 45.8 Å². The van der Waals surface area contributed by atoms with E-state index >= 15 is 0 Å². The third kappa shape index (κ3) is 5.90. The van der Waals surface area contributed by atoms with E-state index < -0.39 is 0 Å². The summed E-state index contributed by atoms with van der Waals surface area (Å²) in [5.74, 6) is 0.0553. The van der Waals surface area contributed by atoms with Gasteiger partial charge in [0.1, 0.15) is 0 Å². The zero-order valence-electron chi connectivity index (χ0n) is 20.1. The Morgan fingerprint density at radius 2 is 1.49 bits per heavy atom. The third-order valence-electron chi connectivity index (χ3n) is 7.28. The van der Waals surface area contributed by atoms with Crippen LogP contribution >= 0.6 is 24.8 Å². The number of piperazine rings is 1. The topological polar surface area (TPSA) is 32.8 Å². The molecule has 2 aliphatic heterocycles. The number of fused-ring (bicyclic) bond motifs is 1. The molecule has 35 heavy (non-hydrogen) atoms. The van der Waals surface area contributed by atoms with E-state index in [-0.39, 0.29) is 30.8 Å². The molecule has 0 amide bonds. The van der Waals surface area contributed by atoms with Gasteiger partial charge < -0.3 is 4.74 Å². The predicted molar refractivity (Wildman–Crippen MR) is 146 cm³/mol. The SMILES string of the molecule is COC(=O)c1ccccc1CN1C[C@@H]2CCCN2[C@H](C(c2ccccc2)c2ccccc2)C1.Cl.Cl. The van der Waals surface area contributed by atoms with Crippen molar-refractivity contribution in [1.29, 1.82) is 0 Å². The maximum absolute atomic E-state index is 12.4. The van der Waals surface area contributed by atoms with Crippen molar-refractivity contribution in [2.24, 2.45) is 0 Å². The number of carbonyl (C=O) groups is 1. The number of halogens is 2. The molecule has 3 aromatic rings. The molecule has 0 aromatic heterocycles. The predicted octanol–water partition coefficient (Wildman–Crippen LogP) is 5.80. The first-order chi connectivity index (χ1) is 16.2. The molecule has 3 aromatic carbocycles. The standard InChI is InChI=1S/C29H32N2O2.2ClH/c1-33-29(32)26-17-9-8-15-24(26)19-30-20-25-16-10-18-31(25)27(21-30)28(22-11-4-2-5-12-22)23-13-6-3-7-14-23;;/h2-9,11-15,17,25,27-28H,10,16,18-21H2,1H3;2*1H/t25-,27-;;/m0../s1. The Labute approximate surface area is 221 Å². The van der Waals surface area contributed by atoms with Gasteiger partial charge in [0.05, 0.1) is 12.7 Å². The quantitative estimate of drug-likeness (QED) is 0.391. The van der Waals surface area contributed by atoms with Crippen molar-refractivity contribution in [3.63, 3.8) is 0 Å². The van der Waals surface area contributed by atoms with Gasteiger partial charge in [0.2, 0.25) is 0 Å². The third-order valence-corrected chi connectivity index (χ3v) is 7.28. The minimum atomic E-state index is -0.256. The van der Waals surface area contributed by atoms with Crippen LogP contribution in [0.3, 0.4) is 0 Å². The number of hydrogen-bond acceptors (Lipinski definition) is 4. The summed E-state index contributed by atoms with van der Waals surface area (Å²) < 4.78 is 5.04. The average molecular weight is 514 g/mol. The van der Waals surface area contributed by atoms with E-state index in [2.05, 4.69) is 76.5 Å². The minimum Gasteiger partial charge on any atom is -0.465 e. The molecular formula is C29H34Cl2N2O2. The van der Waals surface area contributed by atoms with Gasteiger partial charge in [-0.1, -0.05) is 78.9 Å². The summed E-state index contributed by atoms with van der Waals surface area (Å²) in [4.78, 5) is 17.7. The van der Waals surface area contributed by atoms with Crippen molar-refractivity contribution >= 4 is 30.8 Å². The molecule has 0 spiro atoms. The zero-order valence-corrected chi connectivity index (χ0v) is 21.7. The smallest absolute Gasteiger partial charge is 0.338 e. The van der Waals surface area contributed by atoms with E-state index in [0.29, 0.717) is 23.6 Å². The van der Waals surface area contributed by atoms with Crippen LogP contribution in [0.15, 0.2) is 84.9 Å². The molecule has 2 fully saturated rings. The van der Waals surface area contributed by atoms with Gasteiger partial charge in [0.15, 0.2) is 0 Å². The first-order valence-electron chi connectivity index (χ1n) is 12.0. The zero-order chi connectivity index (χ0) is 22.6. The highest BCUT2D eigenvalue weighted by atomic mass is 35.5. The first kappa shape index (κ1) is 27.2. The van der Waals surface area contributed by atoms with E-state index in [1.807, 2.05) is 18.2 Å². The highest BCUT2D eigenvalue weighted by molar-refractivity contribution is 5.90. The van der Waals surface area contributed by atoms with Gasteiger partial charge >= 0.3 is 5.97 Å². The Hall–Kier alpha value is -2.37. The molecule has 2 heterocycles. The fourth-order valence-electron chi connectivity index (χ4n) is 5.82. The normalized spacial score (nSPS) is 19.9. The Morgan fingerprint density at radius 3 is 2.11 bits per heavy atom. The number of carbonyl (C=O) groups excluding carboxylic acids is 1. The highest BCUT2D eigenvalue weighted by Crippen LogP contribution is 2.38. The van der Waals surface area contributed by atoms with Crippen LogP contribution in [0.2, 0.25) is 0 Å². The Morgan fingerprint density at radius 1 is 0.886 bits per heavy atom. The van der Waals surface area contributed by atoms with Crippen molar-refractivity contribution in [1.82, 2.24) is 9.80 Å². The molecule has 4 nitrogen and oxygen atoms in total. The molecular weight excluding hydrogens is 479 g/mol. The Kier molecular flexibility index (Phi) is 9.76. The maximum Gasteiger partial charge on any atom is 0.338 e. The molecule has 186 valence electrons. The van der Waals surface area contributed by atoms with Gasteiger partial charge in [-0.15, -0.1) is 24.8 Å². The minimum absolute atomic E-state index is 0. The molecule has 6 heteroatoms. The molecule has 2 atom stereocenters. The number of nitrogens with zero attached hydrogens (tertiary/aromatic N) is 2. The fourth-order valence-corrected chi connectivity index (χ4v) is 5.82. The van der Waals surface area contributed by atoms with Crippen molar-refractivity contribution in [3.05, 3.63) is 107 Å². The van der Waals surface area contributed by atoms with E-state index in [9.17, 15) is 4.79 Å². The molecule has 0 bridgehead atoms. The average Bonchev–Trinajstić information content (AvgIpc) is 3.34. The van der Waals surface area contributed by atoms with Crippen LogP contribution in [0.5, 0.6) is 0 Å².